The minimum absolute atomic E-state index is 0. The zero-order chi connectivity index (χ0) is 18.9. The standard InChI is InChI=1S/C17H30N2O4SSi.ClH/c1-25(2,3)13-12-24(21,22)19-11-7-10-16(18)17(20)23-14-15-8-5-4-6-9-15;/h4-6,8-9,16,19H,7,10-14,18H2,1-3H3;1H/t16-;/m1./s1. The predicted octanol–water partition coefficient (Wildman–Crippen LogP) is -1.62. The molecule has 1 aromatic rings. The lowest BCUT2D eigenvalue weighted by Crippen LogP contribution is -3.00. The Bertz CT molecular complexity index is 636. The van der Waals surface area contributed by atoms with Crippen LogP contribution in [0.25, 0.3) is 0 Å². The second kappa shape index (κ2) is 11.7. The van der Waals surface area contributed by atoms with Gasteiger partial charge >= 0.3 is 5.97 Å². The van der Waals surface area contributed by atoms with Crippen molar-refractivity contribution in [1.82, 2.24) is 4.72 Å². The summed E-state index contributed by atoms with van der Waals surface area (Å²) in [6.07, 6.45) is 1.05. The van der Waals surface area contributed by atoms with Gasteiger partial charge in [-0.2, -0.15) is 0 Å². The third-order valence-electron chi connectivity index (χ3n) is 3.73. The molecule has 0 unspecified atom stereocenters. The summed E-state index contributed by atoms with van der Waals surface area (Å²) in [5.74, 6) is -0.180. The SMILES string of the molecule is C[Si](C)(C)CCS(=O)(=O)NCCC[C@@H]([NH3+])C(=O)OCc1ccccc1.[Cl-]. The van der Waals surface area contributed by atoms with Crippen LogP contribution in [-0.2, 0) is 26.2 Å². The van der Waals surface area contributed by atoms with Crippen molar-refractivity contribution in [3.63, 3.8) is 0 Å². The predicted molar refractivity (Wildman–Crippen MR) is 102 cm³/mol. The third kappa shape index (κ3) is 11.6. The fourth-order valence-electron chi connectivity index (χ4n) is 2.05. The van der Waals surface area contributed by atoms with E-state index < -0.39 is 24.1 Å². The van der Waals surface area contributed by atoms with E-state index in [1.54, 1.807) is 0 Å². The first-order valence-corrected chi connectivity index (χ1v) is 14.0. The van der Waals surface area contributed by atoms with E-state index in [4.69, 9.17) is 4.74 Å². The molecule has 9 heteroatoms. The Morgan fingerprint density at radius 3 is 2.42 bits per heavy atom. The first kappa shape index (κ1) is 25.1. The van der Waals surface area contributed by atoms with E-state index in [0.717, 1.165) is 11.6 Å². The van der Waals surface area contributed by atoms with Gasteiger partial charge in [0.2, 0.25) is 10.0 Å². The molecule has 0 aliphatic rings. The lowest BCUT2D eigenvalue weighted by atomic mass is 10.2. The summed E-state index contributed by atoms with van der Waals surface area (Å²) in [5, 5.41) is 0. The zero-order valence-corrected chi connectivity index (χ0v) is 18.4. The van der Waals surface area contributed by atoms with Gasteiger partial charge in [-0.05, 0) is 18.0 Å². The zero-order valence-electron chi connectivity index (χ0n) is 15.8. The van der Waals surface area contributed by atoms with Crippen molar-refractivity contribution in [2.75, 3.05) is 12.3 Å². The molecule has 0 radical (unpaired) electrons. The van der Waals surface area contributed by atoms with E-state index in [0.29, 0.717) is 19.4 Å². The minimum Gasteiger partial charge on any atom is -1.00 e. The Kier molecular flexibility index (Phi) is 11.3. The molecule has 0 saturated heterocycles. The largest absolute Gasteiger partial charge is 1.00 e. The first-order valence-electron chi connectivity index (χ1n) is 8.60. The van der Waals surface area contributed by atoms with Crippen molar-refractivity contribution in [2.45, 2.75) is 51.2 Å². The number of sulfonamides is 1. The molecule has 0 aromatic heterocycles. The quantitative estimate of drug-likeness (QED) is 0.254. The maximum Gasteiger partial charge on any atom is 0.365 e. The summed E-state index contributed by atoms with van der Waals surface area (Å²) in [5.41, 5.74) is 4.74. The highest BCUT2D eigenvalue weighted by Gasteiger charge is 2.20. The fraction of sp³-hybridized carbons (Fsp3) is 0.588. The summed E-state index contributed by atoms with van der Waals surface area (Å²) in [6.45, 7) is 7.01. The highest BCUT2D eigenvalue weighted by atomic mass is 35.5. The van der Waals surface area contributed by atoms with Gasteiger partial charge in [-0.1, -0.05) is 50.0 Å². The summed E-state index contributed by atoms with van der Waals surface area (Å²) in [6, 6.07) is 9.71. The van der Waals surface area contributed by atoms with Crippen LogP contribution in [0.1, 0.15) is 18.4 Å². The maximum absolute atomic E-state index is 11.9. The molecule has 0 bridgehead atoms. The number of quaternary nitrogens is 1. The Morgan fingerprint density at radius 2 is 1.85 bits per heavy atom. The van der Waals surface area contributed by atoms with Crippen molar-refractivity contribution in [1.29, 1.82) is 0 Å². The van der Waals surface area contributed by atoms with Crippen molar-refractivity contribution in [3.05, 3.63) is 35.9 Å². The molecule has 0 amide bonds. The van der Waals surface area contributed by atoms with Gasteiger partial charge in [-0.25, -0.2) is 17.9 Å². The fourth-order valence-corrected chi connectivity index (χ4v) is 6.18. The number of hydrogen-bond donors (Lipinski definition) is 2. The molecule has 1 atom stereocenters. The molecule has 0 spiro atoms. The van der Waals surface area contributed by atoms with Crippen LogP contribution in [0.15, 0.2) is 30.3 Å². The van der Waals surface area contributed by atoms with Gasteiger partial charge < -0.3 is 22.9 Å². The van der Waals surface area contributed by atoms with Gasteiger partial charge in [-0.3, -0.25) is 0 Å². The van der Waals surface area contributed by atoms with Crippen molar-refractivity contribution in [2.24, 2.45) is 0 Å². The van der Waals surface area contributed by atoms with Gasteiger partial charge in [0.15, 0.2) is 6.04 Å². The molecule has 6 nitrogen and oxygen atoms in total. The number of rotatable bonds is 11. The molecule has 1 rings (SSSR count). The number of hydrogen-bond acceptors (Lipinski definition) is 4. The van der Waals surface area contributed by atoms with E-state index in [1.165, 1.54) is 0 Å². The topological polar surface area (TPSA) is 100 Å². The first-order chi connectivity index (χ1) is 11.6. The van der Waals surface area contributed by atoms with Gasteiger partial charge in [0.25, 0.3) is 0 Å². The smallest absolute Gasteiger partial charge is 0.365 e. The Balaban J connectivity index is 0.00000625. The molecule has 0 heterocycles. The number of ether oxygens (including phenoxy) is 1. The summed E-state index contributed by atoms with van der Waals surface area (Å²) in [7, 11) is -4.61. The van der Waals surface area contributed by atoms with Crippen LogP contribution in [0.5, 0.6) is 0 Å². The summed E-state index contributed by atoms with van der Waals surface area (Å²) < 4.78 is 31.7. The Labute approximate surface area is 164 Å². The second-order valence-electron chi connectivity index (χ2n) is 7.46. The highest BCUT2D eigenvalue weighted by Crippen LogP contribution is 2.09. The van der Waals surface area contributed by atoms with Crippen LogP contribution in [0.3, 0.4) is 0 Å². The molecule has 0 fully saturated rings. The average molecular weight is 423 g/mol. The van der Waals surface area contributed by atoms with Crippen LogP contribution in [0.4, 0.5) is 0 Å². The highest BCUT2D eigenvalue weighted by molar-refractivity contribution is 7.89. The van der Waals surface area contributed by atoms with Gasteiger partial charge in [-0.15, -0.1) is 0 Å². The second-order valence-corrected chi connectivity index (χ2v) is 15.0. The van der Waals surface area contributed by atoms with Crippen LogP contribution in [0.2, 0.25) is 25.7 Å². The minimum atomic E-state index is -3.23. The molecule has 0 aliphatic heterocycles. The lowest BCUT2D eigenvalue weighted by molar-refractivity contribution is -0.410. The van der Waals surface area contributed by atoms with Crippen LogP contribution in [-0.4, -0.2) is 40.8 Å². The number of carbonyl (C=O) groups is 1. The Hall–Kier alpha value is -0.933. The maximum atomic E-state index is 11.9. The van der Waals surface area contributed by atoms with E-state index in [2.05, 4.69) is 30.1 Å². The van der Waals surface area contributed by atoms with Gasteiger partial charge in [0.1, 0.15) is 6.61 Å². The molecule has 26 heavy (non-hydrogen) atoms. The number of halogens is 1. The number of benzene rings is 1. The van der Waals surface area contributed by atoms with E-state index in [-0.39, 0.29) is 30.7 Å². The molecular formula is C17H31ClN2O4SSi. The van der Waals surface area contributed by atoms with Crippen molar-refractivity contribution < 1.29 is 36.1 Å². The third-order valence-corrected chi connectivity index (χ3v) is 7.23. The lowest BCUT2D eigenvalue weighted by Gasteiger charge is -2.15. The van der Waals surface area contributed by atoms with E-state index in [9.17, 15) is 13.2 Å². The monoisotopic (exact) mass is 422 g/mol. The van der Waals surface area contributed by atoms with Crippen LogP contribution >= 0.6 is 0 Å². The van der Waals surface area contributed by atoms with E-state index >= 15 is 0 Å². The number of carbonyl (C=O) groups excluding carboxylic acids is 1. The number of nitrogens with one attached hydrogen (secondary N) is 1. The molecule has 0 saturated carbocycles. The average Bonchev–Trinajstić information content (AvgIpc) is 2.55. The normalized spacial score (nSPS) is 12.9. The molecule has 1 aromatic carbocycles. The van der Waals surface area contributed by atoms with Crippen molar-refractivity contribution >= 4 is 24.1 Å². The van der Waals surface area contributed by atoms with Gasteiger partial charge in [0.05, 0.1) is 5.75 Å². The molecule has 0 aliphatic carbocycles. The number of esters is 1. The summed E-state index contributed by atoms with van der Waals surface area (Å²) in [4.78, 5) is 11.9. The van der Waals surface area contributed by atoms with Crippen LogP contribution < -0.4 is 22.9 Å². The van der Waals surface area contributed by atoms with Gasteiger partial charge in [0, 0.05) is 21.0 Å². The molecule has 150 valence electrons. The molecule has 4 N–H and O–H groups in total. The molecular weight excluding hydrogens is 392 g/mol. The summed E-state index contributed by atoms with van der Waals surface area (Å²) >= 11 is 0. The van der Waals surface area contributed by atoms with E-state index in [1.807, 2.05) is 30.3 Å². The Morgan fingerprint density at radius 1 is 1.23 bits per heavy atom. The van der Waals surface area contributed by atoms with Crippen molar-refractivity contribution in [3.8, 4) is 0 Å². The van der Waals surface area contributed by atoms with Crippen LogP contribution in [0, 0.1) is 0 Å².